The highest BCUT2D eigenvalue weighted by Gasteiger charge is 2.28. The van der Waals surface area contributed by atoms with E-state index in [0.29, 0.717) is 10.2 Å². The van der Waals surface area contributed by atoms with Gasteiger partial charge in [-0.15, -0.1) is 0 Å². The lowest BCUT2D eigenvalue weighted by Crippen LogP contribution is -2.29. The van der Waals surface area contributed by atoms with Crippen LogP contribution >= 0.6 is 27.5 Å². The van der Waals surface area contributed by atoms with Crippen molar-refractivity contribution >= 4 is 54.1 Å². The maximum Gasteiger partial charge on any atom is 0.268 e. The van der Waals surface area contributed by atoms with Crippen LogP contribution in [0, 0.1) is 0 Å². The molecule has 0 bridgehead atoms. The van der Waals surface area contributed by atoms with Crippen LogP contribution in [0.4, 0.5) is 14.5 Å². The molecule has 0 saturated carbocycles. The molecule has 0 amide bonds. The summed E-state index contributed by atoms with van der Waals surface area (Å²) in [5.74, 6) is 0. The third-order valence-corrected chi connectivity index (χ3v) is 7.49. The Kier molecular flexibility index (Phi) is 5.61. The van der Waals surface area contributed by atoms with Crippen molar-refractivity contribution in [2.75, 3.05) is 18.0 Å². The van der Waals surface area contributed by atoms with Gasteiger partial charge in [0.15, 0.2) is 0 Å². The molecule has 0 atom stereocenters. The minimum Gasteiger partial charge on any atom is -0.371 e. The Labute approximate surface area is 181 Å². The number of hydrogen-bond acceptors (Lipinski definition) is 3. The van der Waals surface area contributed by atoms with Crippen LogP contribution in [-0.4, -0.2) is 25.5 Å². The van der Waals surface area contributed by atoms with Gasteiger partial charge < -0.3 is 4.90 Å². The van der Waals surface area contributed by atoms with Gasteiger partial charge in [-0.3, -0.25) is 0 Å². The third-order valence-electron chi connectivity index (χ3n) is 5.13. The van der Waals surface area contributed by atoms with Gasteiger partial charge in [0.25, 0.3) is 16.4 Å². The Balaban J connectivity index is 2.00. The van der Waals surface area contributed by atoms with Crippen LogP contribution in [0.3, 0.4) is 0 Å². The zero-order valence-electron chi connectivity index (χ0n) is 15.3. The molecular weight excluding hydrogens is 486 g/mol. The van der Waals surface area contributed by atoms with Gasteiger partial charge >= 0.3 is 0 Å². The van der Waals surface area contributed by atoms with Gasteiger partial charge in [-0.1, -0.05) is 33.6 Å². The molecular formula is C20H18BrClF2N2O2S. The summed E-state index contributed by atoms with van der Waals surface area (Å²) in [7, 11) is -4.11. The Morgan fingerprint density at radius 1 is 1.07 bits per heavy atom. The number of nitrogens with zero attached hydrogens (tertiary/aromatic N) is 2. The Hall–Kier alpha value is -1.64. The summed E-state index contributed by atoms with van der Waals surface area (Å²) >= 11 is 9.38. The minimum absolute atomic E-state index is 0.0535. The fourth-order valence-electron chi connectivity index (χ4n) is 3.80. The second-order valence-corrected chi connectivity index (χ2v) is 10.2. The zero-order valence-corrected chi connectivity index (χ0v) is 18.4. The van der Waals surface area contributed by atoms with Gasteiger partial charge in [0, 0.05) is 45.4 Å². The van der Waals surface area contributed by atoms with E-state index in [1.807, 2.05) is 0 Å². The Morgan fingerprint density at radius 3 is 2.45 bits per heavy atom. The van der Waals surface area contributed by atoms with Crippen molar-refractivity contribution in [1.82, 2.24) is 3.97 Å². The second kappa shape index (κ2) is 7.89. The van der Waals surface area contributed by atoms with Gasteiger partial charge in [0.1, 0.15) is 0 Å². The lowest BCUT2D eigenvalue weighted by molar-refractivity contribution is 0.153. The van der Waals surface area contributed by atoms with Crippen LogP contribution in [0.2, 0.25) is 5.02 Å². The zero-order chi connectivity index (χ0) is 20.8. The number of aromatic nitrogens is 1. The lowest BCUT2D eigenvalue weighted by atomic mass is 10.1. The summed E-state index contributed by atoms with van der Waals surface area (Å²) in [6.45, 7) is 1.50. The van der Waals surface area contributed by atoms with Crippen LogP contribution < -0.4 is 4.90 Å². The molecule has 9 heteroatoms. The molecule has 29 heavy (non-hydrogen) atoms. The van der Waals surface area contributed by atoms with E-state index in [0.717, 1.165) is 42.5 Å². The maximum atomic E-state index is 14.0. The SMILES string of the molecule is O=S(=O)(c1cccc(Cl)c1)n1cc(C(F)F)c2c(N3CCCCC3)cc(Br)cc21. The summed E-state index contributed by atoms with van der Waals surface area (Å²) < 4.78 is 56.0. The number of rotatable bonds is 4. The first-order valence-electron chi connectivity index (χ1n) is 9.18. The number of halogens is 4. The summed E-state index contributed by atoms with van der Waals surface area (Å²) in [4.78, 5) is 2.00. The smallest absolute Gasteiger partial charge is 0.268 e. The molecule has 3 aromatic rings. The number of fused-ring (bicyclic) bond motifs is 1. The van der Waals surface area contributed by atoms with Gasteiger partial charge in [-0.2, -0.15) is 0 Å². The molecule has 4 rings (SSSR count). The number of alkyl halides is 2. The molecule has 2 heterocycles. The summed E-state index contributed by atoms with van der Waals surface area (Å²) in [5.41, 5.74) is 0.554. The predicted octanol–water partition coefficient (Wildman–Crippen LogP) is 6.22. The van der Waals surface area contributed by atoms with Crippen LogP contribution in [0.5, 0.6) is 0 Å². The first kappa shape index (κ1) is 20.6. The van der Waals surface area contributed by atoms with E-state index in [4.69, 9.17) is 11.6 Å². The fourth-order valence-corrected chi connectivity index (χ4v) is 5.90. The molecule has 1 aliphatic rings. The summed E-state index contributed by atoms with van der Waals surface area (Å²) in [6.07, 6.45) is 1.27. The average Bonchev–Trinajstić information content (AvgIpc) is 3.08. The van der Waals surface area contributed by atoms with Crippen molar-refractivity contribution in [3.63, 3.8) is 0 Å². The van der Waals surface area contributed by atoms with Crippen LogP contribution in [0.15, 0.2) is 52.0 Å². The van der Waals surface area contributed by atoms with Crippen molar-refractivity contribution in [3.05, 3.63) is 57.7 Å². The monoisotopic (exact) mass is 502 g/mol. The number of benzene rings is 2. The summed E-state index contributed by atoms with van der Waals surface area (Å²) in [5, 5.41) is 0.530. The van der Waals surface area contributed by atoms with Gasteiger partial charge in [0.05, 0.1) is 10.4 Å². The van der Waals surface area contributed by atoms with E-state index < -0.39 is 16.4 Å². The number of piperidine rings is 1. The van der Waals surface area contributed by atoms with E-state index in [-0.39, 0.29) is 26.4 Å². The van der Waals surface area contributed by atoms with E-state index in [2.05, 4.69) is 20.8 Å². The van der Waals surface area contributed by atoms with Crippen molar-refractivity contribution in [2.45, 2.75) is 30.6 Å². The van der Waals surface area contributed by atoms with E-state index in [9.17, 15) is 17.2 Å². The molecule has 1 fully saturated rings. The van der Waals surface area contributed by atoms with E-state index in [1.54, 1.807) is 18.2 Å². The molecule has 1 aliphatic heterocycles. The fraction of sp³-hybridized carbons (Fsp3) is 0.300. The number of hydrogen-bond donors (Lipinski definition) is 0. The molecule has 154 valence electrons. The van der Waals surface area contributed by atoms with Crippen molar-refractivity contribution in [3.8, 4) is 0 Å². The van der Waals surface area contributed by atoms with E-state index >= 15 is 0 Å². The normalized spacial score (nSPS) is 15.4. The third kappa shape index (κ3) is 3.78. The molecule has 0 radical (unpaired) electrons. The molecule has 2 aromatic carbocycles. The highest BCUT2D eigenvalue weighted by molar-refractivity contribution is 9.10. The number of anilines is 1. The lowest BCUT2D eigenvalue weighted by Gasteiger charge is -2.30. The maximum absolute atomic E-state index is 14.0. The molecule has 0 spiro atoms. The second-order valence-electron chi connectivity index (χ2n) is 7.01. The first-order chi connectivity index (χ1) is 13.8. The highest BCUT2D eigenvalue weighted by Crippen LogP contribution is 2.41. The Morgan fingerprint density at radius 2 is 1.79 bits per heavy atom. The molecule has 1 saturated heterocycles. The highest BCUT2D eigenvalue weighted by atomic mass is 79.9. The van der Waals surface area contributed by atoms with Crippen molar-refractivity contribution in [1.29, 1.82) is 0 Å². The quantitative estimate of drug-likeness (QED) is 0.424. The molecule has 0 unspecified atom stereocenters. The largest absolute Gasteiger partial charge is 0.371 e. The van der Waals surface area contributed by atoms with Crippen molar-refractivity contribution < 1.29 is 17.2 Å². The van der Waals surface area contributed by atoms with Crippen LogP contribution in [0.1, 0.15) is 31.3 Å². The Bertz CT molecular complexity index is 1170. The van der Waals surface area contributed by atoms with E-state index in [1.165, 1.54) is 18.2 Å². The van der Waals surface area contributed by atoms with Gasteiger partial charge in [-0.05, 0) is 49.6 Å². The average molecular weight is 504 g/mol. The standard InChI is InChI=1S/C20H18BrClF2N2O2S/c21-13-9-17(25-7-2-1-3-8-25)19-16(20(23)24)12-26(18(19)10-13)29(27,28)15-6-4-5-14(22)11-15/h4-6,9-12,20H,1-3,7-8H2. The van der Waals surface area contributed by atoms with Crippen LogP contribution in [-0.2, 0) is 10.0 Å². The van der Waals surface area contributed by atoms with Gasteiger partial charge in [0.2, 0.25) is 0 Å². The molecule has 1 aromatic heterocycles. The first-order valence-corrected chi connectivity index (χ1v) is 11.8. The van der Waals surface area contributed by atoms with Crippen LogP contribution in [0.25, 0.3) is 10.9 Å². The minimum atomic E-state index is -4.11. The topological polar surface area (TPSA) is 42.3 Å². The molecule has 0 N–H and O–H groups in total. The molecule has 0 aliphatic carbocycles. The summed E-state index contributed by atoms with van der Waals surface area (Å²) in [6, 6.07) is 9.15. The molecule has 4 nitrogen and oxygen atoms in total. The van der Waals surface area contributed by atoms with Crippen molar-refractivity contribution in [2.24, 2.45) is 0 Å². The van der Waals surface area contributed by atoms with Gasteiger partial charge in [-0.25, -0.2) is 21.2 Å². The predicted molar refractivity (Wildman–Crippen MR) is 115 cm³/mol.